The molecule has 0 atom stereocenters. The van der Waals surface area contributed by atoms with Gasteiger partial charge in [0.1, 0.15) is 0 Å². The van der Waals surface area contributed by atoms with Crippen LogP contribution in [0.15, 0.2) is 29.3 Å². The predicted octanol–water partition coefficient (Wildman–Crippen LogP) is 3.29. The van der Waals surface area contributed by atoms with Gasteiger partial charge < -0.3 is 5.32 Å². The maximum atomic E-state index is 11.6. The van der Waals surface area contributed by atoms with Crippen LogP contribution in [-0.4, -0.2) is 12.5 Å². The quantitative estimate of drug-likeness (QED) is 0.908. The van der Waals surface area contributed by atoms with Crippen molar-refractivity contribution < 1.29 is 4.79 Å². The highest BCUT2D eigenvalue weighted by Crippen LogP contribution is 2.16. The van der Waals surface area contributed by atoms with E-state index in [1.165, 1.54) is 0 Å². The molecule has 0 radical (unpaired) electrons. The molecule has 0 aliphatic heterocycles. The molecule has 0 bridgehead atoms. The van der Waals surface area contributed by atoms with Crippen molar-refractivity contribution in [3.8, 4) is 0 Å². The number of hydrogen-bond acceptors (Lipinski definition) is 1. The fourth-order valence-electron chi connectivity index (χ4n) is 1.06. The third-order valence-corrected chi connectivity index (χ3v) is 2.57. The molecule has 0 aliphatic carbocycles. The lowest BCUT2D eigenvalue weighted by Crippen LogP contribution is -2.24. The van der Waals surface area contributed by atoms with Gasteiger partial charge in [0.2, 0.25) is 0 Å². The highest BCUT2D eigenvalue weighted by Gasteiger charge is 2.06. The lowest BCUT2D eigenvalue weighted by Gasteiger charge is -2.05. The predicted molar refractivity (Wildman–Crippen MR) is 66.6 cm³/mol. The summed E-state index contributed by atoms with van der Waals surface area (Å²) in [5, 5.41) is 3.38. The summed E-state index contributed by atoms with van der Waals surface area (Å²) in [7, 11) is 0. The SMILES string of the molecule is C=C(Br)CNC(=O)c1ccc(Cl)c(C)c1. The minimum atomic E-state index is -0.129. The van der Waals surface area contributed by atoms with Gasteiger partial charge in [0.05, 0.1) is 0 Å². The van der Waals surface area contributed by atoms with Crippen molar-refractivity contribution in [1.29, 1.82) is 0 Å². The van der Waals surface area contributed by atoms with E-state index >= 15 is 0 Å². The zero-order valence-electron chi connectivity index (χ0n) is 8.31. The van der Waals surface area contributed by atoms with E-state index in [1.807, 2.05) is 6.92 Å². The number of aryl methyl sites for hydroxylation is 1. The summed E-state index contributed by atoms with van der Waals surface area (Å²) in [6, 6.07) is 5.17. The van der Waals surface area contributed by atoms with Gasteiger partial charge in [-0.25, -0.2) is 0 Å². The minimum absolute atomic E-state index is 0.129. The third kappa shape index (κ3) is 3.68. The van der Waals surface area contributed by atoms with E-state index in [1.54, 1.807) is 18.2 Å². The van der Waals surface area contributed by atoms with Crippen LogP contribution in [0, 0.1) is 6.92 Å². The molecule has 80 valence electrons. The molecule has 1 amide bonds. The molecule has 1 aromatic rings. The molecule has 4 heteroatoms. The second kappa shape index (κ2) is 5.33. The molecule has 0 fully saturated rings. The van der Waals surface area contributed by atoms with Crippen LogP contribution in [-0.2, 0) is 0 Å². The fourth-order valence-corrected chi connectivity index (χ4v) is 1.32. The van der Waals surface area contributed by atoms with Gasteiger partial charge in [0.25, 0.3) is 5.91 Å². The average molecular weight is 289 g/mol. The van der Waals surface area contributed by atoms with Crippen LogP contribution < -0.4 is 5.32 Å². The van der Waals surface area contributed by atoms with Crippen molar-refractivity contribution >= 4 is 33.4 Å². The Bertz CT molecular complexity index is 404. The lowest BCUT2D eigenvalue weighted by atomic mass is 10.1. The Labute approximate surface area is 102 Å². The second-order valence-corrected chi connectivity index (χ2v) is 4.69. The number of rotatable bonds is 3. The average Bonchev–Trinajstić information content (AvgIpc) is 2.18. The summed E-state index contributed by atoms with van der Waals surface area (Å²) >= 11 is 9.03. The third-order valence-electron chi connectivity index (χ3n) is 1.86. The molecule has 0 unspecified atom stereocenters. The topological polar surface area (TPSA) is 29.1 Å². The molecule has 0 aliphatic rings. The van der Waals surface area contributed by atoms with Crippen molar-refractivity contribution in [2.45, 2.75) is 6.92 Å². The van der Waals surface area contributed by atoms with Crippen LogP contribution in [0.25, 0.3) is 0 Å². The number of carbonyl (C=O) groups excluding carboxylic acids is 1. The first-order valence-corrected chi connectivity index (χ1v) is 5.55. The molecule has 0 saturated carbocycles. The van der Waals surface area contributed by atoms with Gasteiger partial charge in [0, 0.05) is 21.6 Å². The summed E-state index contributed by atoms with van der Waals surface area (Å²) in [4.78, 5) is 11.6. The first kappa shape index (κ1) is 12.3. The Hall–Kier alpha value is -0.800. The van der Waals surface area contributed by atoms with Crippen molar-refractivity contribution in [1.82, 2.24) is 5.32 Å². The number of carbonyl (C=O) groups is 1. The smallest absolute Gasteiger partial charge is 0.251 e. The summed E-state index contributed by atoms with van der Waals surface area (Å²) in [5.41, 5.74) is 1.49. The van der Waals surface area contributed by atoms with E-state index in [-0.39, 0.29) is 5.91 Å². The fraction of sp³-hybridized carbons (Fsp3) is 0.182. The lowest BCUT2D eigenvalue weighted by molar-refractivity contribution is 0.0957. The highest BCUT2D eigenvalue weighted by atomic mass is 79.9. The first-order valence-electron chi connectivity index (χ1n) is 4.38. The highest BCUT2D eigenvalue weighted by molar-refractivity contribution is 9.11. The van der Waals surface area contributed by atoms with Crippen molar-refractivity contribution in [2.75, 3.05) is 6.54 Å². The van der Waals surface area contributed by atoms with Gasteiger partial charge in [-0.05, 0) is 30.7 Å². The van der Waals surface area contributed by atoms with E-state index in [0.29, 0.717) is 17.1 Å². The van der Waals surface area contributed by atoms with Crippen LogP contribution in [0.2, 0.25) is 5.02 Å². The van der Waals surface area contributed by atoms with Crippen LogP contribution in [0.5, 0.6) is 0 Å². The Kier molecular flexibility index (Phi) is 4.36. The number of hydrogen-bond donors (Lipinski definition) is 1. The van der Waals surface area contributed by atoms with E-state index in [9.17, 15) is 4.79 Å². The first-order chi connectivity index (χ1) is 7.00. The van der Waals surface area contributed by atoms with E-state index in [2.05, 4.69) is 27.8 Å². The molecule has 0 heterocycles. The second-order valence-electron chi connectivity index (χ2n) is 3.16. The standard InChI is InChI=1S/C11H11BrClNO/c1-7-5-9(3-4-10(7)13)11(15)14-6-8(2)12/h3-5H,2,6H2,1H3,(H,14,15). The molecular weight excluding hydrogens is 277 g/mol. The summed E-state index contributed by atoms with van der Waals surface area (Å²) in [6.07, 6.45) is 0. The van der Waals surface area contributed by atoms with Gasteiger partial charge in [-0.2, -0.15) is 0 Å². The number of nitrogens with one attached hydrogen (secondary N) is 1. The van der Waals surface area contributed by atoms with E-state index in [4.69, 9.17) is 11.6 Å². The molecule has 2 nitrogen and oxygen atoms in total. The van der Waals surface area contributed by atoms with Crippen LogP contribution >= 0.6 is 27.5 Å². The van der Waals surface area contributed by atoms with Gasteiger partial charge in [0.15, 0.2) is 0 Å². The van der Waals surface area contributed by atoms with Gasteiger partial charge in [-0.1, -0.05) is 34.1 Å². The van der Waals surface area contributed by atoms with Crippen molar-refractivity contribution in [3.63, 3.8) is 0 Å². The molecule has 1 aromatic carbocycles. The largest absolute Gasteiger partial charge is 0.347 e. The number of halogens is 2. The zero-order valence-corrected chi connectivity index (χ0v) is 10.7. The Morgan fingerprint density at radius 1 is 1.60 bits per heavy atom. The Morgan fingerprint density at radius 2 is 2.27 bits per heavy atom. The normalized spacial score (nSPS) is 9.80. The van der Waals surface area contributed by atoms with Gasteiger partial charge in [-0.3, -0.25) is 4.79 Å². The number of benzene rings is 1. The molecule has 15 heavy (non-hydrogen) atoms. The van der Waals surface area contributed by atoms with Gasteiger partial charge >= 0.3 is 0 Å². The van der Waals surface area contributed by atoms with Gasteiger partial charge in [-0.15, -0.1) is 0 Å². The Morgan fingerprint density at radius 3 is 2.80 bits per heavy atom. The van der Waals surface area contributed by atoms with Crippen LogP contribution in [0.3, 0.4) is 0 Å². The number of amides is 1. The maximum Gasteiger partial charge on any atom is 0.251 e. The van der Waals surface area contributed by atoms with Crippen molar-refractivity contribution in [3.05, 3.63) is 45.4 Å². The van der Waals surface area contributed by atoms with E-state index in [0.717, 1.165) is 10.0 Å². The Balaban J connectivity index is 2.74. The zero-order chi connectivity index (χ0) is 11.4. The molecule has 1 rings (SSSR count). The summed E-state index contributed by atoms with van der Waals surface area (Å²) in [5.74, 6) is -0.129. The monoisotopic (exact) mass is 287 g/mol. The summed E-state index contributed by atoms with van der Waals surface area (Å²) in [6.45, 7) is 5.91. The molecular formula is C11H11BrClNO. The van der Waals surface area contributed by atoms with Crippen molar-refractivity contribution in [2.24, 2.45) is 0 Å². The van der Waals surface area contributed by atoms with E-state index < -0.39 is 0 Å². The van der Waals surface area contributed by atoms with Crippen LogP contribution in [0.4, 0.5) is 0 Å². The van der Waals surface area contributed by atoms with Crippen LogP contribution in [0.1, 0.15) is 15.9 Å². The maximum absolute atomic E-state index is 11.6. The molecule has 1 N–H and O–H groups in total. The minimum Gasteiger partial charge on any atom is -0.347 e. The molecule has 0 saturated heterocycles. The summed E-state index contributed by atoms with van der Waals surface area (Å²) < 4.78 is 0.738. The molecule has 0 spiro atoms. The molecule has 0 aromatic heterocycles.